The molecule has 0 bridgehead atoms. The van der Waals surface area contributed by atoms with Crippen LogP contribution in [-0.4, -0.2) is 24.2 Å². The van der Waals surface area contributed by atoms with E-state index in [-0.39, 0.29) is 0 Å². The molecule has 140 valence electrons. The second-order valence-electron chi connectivity index (χ2n) is 6.60. The van der Waals surface area contributed by atoms with Gasteiger partial charge in [0, 0.05) is 50.5 Å². The lowest BCUT2D eigenvalue weighted by Crippen LogP contribution is -1.89. The van der Waals surface area contributed by atoms with E-state index in [0.717, 1.165) is 49.5 Å². The summed E-state index contributed by atoms with van der Waals surface area (Å²) in [5, 5.41) is 5.42. The molecule has 2 N–H and O–H groups in total. The van der Waals surface area contributed by atoms with E-state index in [9.17, 15) is 0 Å². The van der Waals surface area contributed by atoms with Crippen molar-refractivity contribution in [3.05, 3.63) is 58.8 Å². The van der Waals surface area contributed by atoms with Crippen molar-refractivity contribution in [2.24, 2.45) is 0 Å². The highest BCUT2D eigenvalue weighted by atomic mass is 35.5. The van der Waals surface area contributed by atoms with Gasteiger partial charge in [0.15, 0.2) is 0 Å². The SMILES string of the molecule is COc1ccc2[nH]c3cc(-c4c(Cl)ccc(OC)c4Cl)c4c[nH]cc4c3c2c1. The van der Waals surface area contributed by atoms with Gasteiger partial charge in [0.1, 0.15) is 11.5 Å². The number of benzene rings is 3. The first-order valence-corrected chi connectivity index (χ1v) is 9.49. The number of rotatable bonds is 3. The predicted octanol–water partition coefficient (Wildman–Crippen LogP) is 6.79. The maximum atomic E-state index is 6.64. The number of halogens is 2. The van der Waals surface area contributed by atoms with Crippen molar-refractivity contribution in [1.29, 1.82) is 0 Å². The van der Waals surface area contributed by atoms with Crippen molar-refractivity contribution < 1.29 is 9.47 Å². The predicted molar refractivity (Wildman–Crippen MR) is 116 cm³/mol. The molecule has 5 rings (SSSR count). The molecular weight excluding hydrogens is 395 g/mol. The molecule has 0 aliphatic rings. The Balaban J connectivity index is 1.92. The molecule has 3 aromatic carbocycles. The highest BCUT2D eigenvalue weighted by molar-refractivity contribution is 6.41. The number of fused-ring (bicyclic) bond motifs is 5. The van der Waals surface area contributed by atoms with E-state index in [1.54, 1.807) is 26.4 Å². The topological polar surface area (TPSA) is 50.0 Å². The smallest absolute Gasteiger partial charge is 0.138 e. The number of hydrogen-bond acceptors (Lipinski definition) is 2. The molecule has 0 amide bonds. The van der Waals surface area contributed by atoms with Gasteiger partial charge in [-0.3, -0.25) is 0 Å². The van der Waals surface area contributed by atoms with E-state index in [1.807, 2.05) is 30.6 Å². The lowest BCUT2D eigenvalue weighted by molar-refractivity contribution is 0.415. The van der Waals surface area contributed by atoms with Crippen molar-refractivity contribution in [2.75, 3.05) is 14.2 Å². The molecule has 0 unspecified atom stereocenters. The van der Waals surface area contributed by atoms with Crippen molar-refractivity contribution in [2.45, 2.75) is 0 Å². The standard InChI is InChI=1S/C22H16Cl2N2O2/c1-27-11-3-5-17-13(7-11)20-15-10-25-9-14(15)12(8-18(20)26-17)21-16(23)4-6-19(28-2)22(21)24/h3-10,25-26H,1-2H3. The molecule has 4 nitrogen and oxygen atoms in total. The van der Waals surface area contributed by atoms with Crippen LogP contribution in [0.1, 0.15) is 0 Å². The first-order chi connectivity index (χ1) is 13.6. The molecule has 2 heterocycles. The third-order valence-corrected chi connectivity index (χ3v) is 5.86. The van der Waals surface area contributed by atoms with Crippen molar-refractivity contribution in [3.63, 3.8) is 0 Å². The lowest BCUT2D eigenvalue weighted by Gasteiger charge is -2.13. The molecule has 0 atom stereocenters. The summed E-state index contributed by atoms with van der Waals surface area (Å²) in [4.78, 5) is 6.73. The third-order valence-electron chi connectivity index (χ3n) is 5.17. The number of methoxy groups -OCH3 is 2. The van der Waals surface area contributed by atoms with Crippen LogP contribution in [-0.2, 0) is 0 Å². The van der Waals surface area contributed by atoms with E-state index in [2.05, 4.69) is 16.0 Å². The van der Waals surface area contributed by atoms with Gasteiger partial charge in [-0.25, -0.2) is 0 Å². The first-order valence-electron chi connectivity index (χ1n) is 8.73. The summed E-state index contributed by atoms with van der Waals surface area (Å²) in [6, 6.07) is 11.7. The maximum absolute atomic E-state index is 6.64. The van der Waals surface area contributed by atoms with E-state index >= 15 is 0 Å². The number of aromatic amines is 2. The van der Waals surface area contributed by atoms with Crippen molar-refractivity contribution >= 4 is 55.8 Å². The molecule has 0 spiro atoms. The molecule has 28 heavy (non-hydrogen) atoms. The van der Waals surface area contributed by atoms with Gasteiger partial charge in [0.2, 0.25) is 0 Å². The van der Waals surface area contributed by atoms with Crippen LogP contribution < -0.4 is 9.47 Å². The van der Waals surface area contributed by atoms with Crippen LogP contribution in [0.25, 0.3) is 43.7 Å². The summed E-state index contributed by atoms with van der Waals surface area (Å²) < 4.78 is 10.8. The summed E-state index contributed by atoms with van der Waals surface area (Å²) in [7, 11) is 3.27. The molecular formula is C22H16Cl2N2O2. The zero-order chi connectivity index (χ0) is 19.4. The molecule has 0 aliphatic heterocycles. The number of H-pyrrole nitrogens is 2. The van der Waals surface area contributed by atoms with E-state index in [1.165, 1.54) is 0 Å². The highest BCUT2D eigenvalue weighted by Crippen LogP contribution is 2.45. The van der Waals surface area contributed by atoms with Crippen molar-refractivity contribution in [3.8, 4) is 22.6 Å². The van der Waals surface area contributed by atoms with Crippen LogP contribution >= 0.6 is 23.2 Å². The molecule has 5 aromatic rings. The highest BCUT2D eigenvalue weighted by Gasteiger charge is 2.19. The number of nitrogens with one attached hydrogen (secondary N) is 2. The Morgan fingerprint density at radius 3 is 2.43 bits per heavy atom. The molecule has 2 aromatic heterocycles. The Hall–Kier alpha value is -2.82. The second-order valence-corrected chi connectivity index (χ2v) is 7.39. The maximum Gasteiger partial charge on any atom is 0.138 e. The number of hydrogen-bond donors (Lipinski definition) is 2. The lowest BCUT2D eigenvalue weighted by atomic mass is 9.97. The minimum absolute atomic E-state index is 0.495. The first kappa shape index (κ1) is 17.3. The zero-order valence-electron chi connectivity index (χ0n) is 15.2. The van der Waals surface area contributed by atoms with Crippen LogP contribution in [0.15, 0.2) is 48.8 Å². The normalized spacial score (nSPS) is 11.6. The van der Waals surface area contributed by atoms with Gasteiger partial charge in [-0.2, -0.15) is 0 Å². The van der Waals surface area contributed by atoms with Crippen LogP contribution in [0.4, 0.5) is 0 Å². The van der Waals surface area contributed by atoms with Gasteiger partial charge in [-0.1, -0.05) is 23.2 Å². The summed E-state index contributed by atoms with van der Waals surface area (Å²) >= 11 is 13.2. The second kappa shape index (κ2) is 6.36. The monoisotopic (exact) mass is 410 g/mol. The fraction of sp³-hybridized carbons (Fsp3) is 0.0909. The summed E-state index contributed by atoms with van der Waals surface area (Å²) in [6.45, 7) is 0. The Morgan fingerprint density at radius 2 is 1.64 bits per heavy atom. The Bertz CT molecular complexity index is 1370. The minimum atomic E-state index is 0.495. The van der Waals surface area contributed by atoms with Crippen LogP contribution in [0.3, 0.4) is 0 Å². The van der Waals surface area contributed by atoms with Gasteiger partial charge in [0.05, 0.1) is 24.3 Å². The van der Waals surface area contributed by atoms with Crippen LogP contribution in [0.2, 0.25) is 10.0 Å². The van der Waals surface area contributed by atoms with Crippen molar-refractivity contribution in [1.82, 2.24) is 9.97 Å². The summed E-state index contributed by atoms with van der Waals surface area (Å²) in [6.07, 6.45) is 3.96. The molecule has 0 fully saturated rings. The molecule has 0 radical (unpaired) electrons. The summed E-state index contributed by atoms with van der Waals surface area (Å²) in [5.41, 5.74) is 3.74. The van der Waals surface area contributed by atoms with Gasteiger partial charge in [-0.05, 0) is 42.0 Å². The summed E-state index contributed by atoms with van der Waals surface area (Å²) in [5.74, 6) is 1.41. The fourth-order valence-electron chi connectivity index (χ4n) is 3.88. The van der Waals surface area contributed by atoms with Gasteiger partial charge < -0.3 is 19.4 Å². The van der Waals surface area contributed by atoms with Crippen LogP contribution in [0, 0.1) is 0 Å². The van der Waals surface area contributed by atoms with Crippen LogP contribution in [0.5, 0.6) is 11.5 Å². The molecule has 0 aliphatic carbocycles. The Kier molecular flexibility index (Phi) is 3.93. The third kappa shape index (κ3) is 2.38. The van der Waals surface area contributed by atoms with E-state index in [0.29, 0.717) is 15.8 Å². The zero-order valence-corrected chi connectivity index (χ0v) is 16.7. The van der Waals surface area contributed by atoms with E-state index in [4.69, 9.17) is 32.7 Å². The molecule has 0 saturated carbocycles. The average molecular weight is 411 g/mol. The Morgan fingerprint density at radius 1 is 0.821 bits per heavy atom. The van der Waals surface area contributed by atoms with Gasteiger partial charge >= 0.3 is 0 Å². The number of ether oxygens (including phenoxy) is 2. The fourth-order valence-corrected chi connectivity index (χ4v) is 4.53. The van der Waals surface area contributed by atoms with E-state index < -0.39 is 0 Å². The largest absolute Gasteiger partial charge is 0.497 e. The minimum Gasteiger partial charge on any atom is -0.497 e. The molecule has 0 saturated heterocycles. The van der Waals surface area contributed by atoms with Gasteiger partial charge in [-0.15, -0.1) is 0 Å². The quantitative estimate of drug-likeness (QED) is 0.343. The number of aromatic nitrogens is 2. The molecule has 6 heteroatoms. The Labute approximate surface area is 171 Å². The van der Waals surface area contributed by atoms with Gasteiger partial charge in [0.25, 0.3) is 0 Å². The average Bonchev–Trinajstić information content (AvgIpc) is 3.31.